The Kier molecular flexibility index (Phi) is 4.86. The predicted octanol–water partition coefficient (Wildman–Crippen LogP) is 1.30. The van der Waals surface area contributed by atoms with Crippen LogP contribution in [-0.2, 0) is 10.0 Å². The van der Waals surface area contributed by atoms with E-state index in [1.165, 1.54) is 6.07 Å². The van der Waals surface area contributed by atoms with E-state index in [4.69, 9.17) is 0 Å². The number of sulfonamides is 1. The van der Waals surface area contributed by atoms with Gasteiger partial charge in [0.25, 0.3) is 0 Å². The van der Waals surface area contributed by atoms with Crippen LogP contribution in [0.2, 0.25) is 0 Å². The summed E-state index contributed by atoms with van der Waals surface area (Å²) in [6, 6.07) is 6.37. The number of H-pyrrole nitrogens is 1. The number of nitrogens with one attached hydrogen (secondary N) is 1. The van der Waals surface area contributed by atoms with Crippen molar-refractivity contribution in [3.63, 3.8) is 0 Å². The largest absolute Gasteiger partial charge is 0.396 e. The second kappa shape index (κ2) is 6.95. The first kappa shape index (κ1) is 19.6. The molecule has 0 amide bonds. The number of aliphatic hydroxyl groups excluding tert-OH is 1. The lowest BCUT2D eigenvalue weighted by Gasteiger charge is -2.53. The molecule has 152 valence electrons. The van der Waals surface area contributed by atoms with Crippen LogP contribution in [0.3, 0.4) is 0 Å². The number of likely N-dealkylation sites (tertiary alicyclic amines) is 1. The quantitative estimate of drug-likeness (QED) is 0.803. The van der Waals surface area contributed by atoms with Crippen molar-refractivity contribution in [2.24, 2.45) is 5.41 Å². The van der Waals surface area contributed by atoms with Crippen LogP contribution in [0.15, 0.2) is 34.0 Å². The molecular formula is C20H27N3O4S. The molecule has 0 radical (unpaired) electrons. The van der Waals surface area contributed by atoms with Crippen molar-refractivity contribution >= 4 is 20.9 Å². The lowest BCUT2D eigenvalue weighted by Crippen LogP contribution is -2.62. The van der Waals surface area contributed by atoms with Gasteiger partial charge in [-0.05, 0) is 63.5 Å². The molecule has 0 saturated carbocycles. The summed E-state index contributed by atoms with van der Waals surface area (Å²) in [6.45, 7) is 3.63. The molecule has 7 nitrogen and oxygen atoms in total. The number of aryl methyl sites for hydroxylation is 1. The Labute approximate surface area is 165 Å². The van der Waals surface area contributed by atoms with Gasteiger partial charge in [-0.15, -0.1) is 0 Å². The first-order valence-electron chi connectivity index (χ1n) is 9.72. The van der Waals surface area contributed by atoms with Gasteiger partial charge >= 0.3 is 0 Å². The monoisotopic (exact) mass is 405 g/mol. The lowest BCUT2D eigenvalue weighted by atomic mass is 9.69. The number of benzene rings is 1. The van der Waals surface area contributed by atoms with E-state index in [-0.39, 0.29) is 28.5 Å². The van der Waals surface area contributed by atoms with Gasteiger partial charge in [0.1, 0.15) is 0 Å². The fourth-order valence-corrected chi connectivity index (χ4v) is 6.39. The molecule has 2 aliphatic rings. The number of fused-ring (bicyclic) bond motifs is 2. The molecule has 28 heavy (non-hydrogen) atoms. The molecule has 8 heteroatoms. The molecule has 4 rings (SSSR count). The Morgan fingerprint density at radius 2 is 2.04 bits per heavy atom. The van der Waals surface area contributed by atoms with Crippen molar-refractivity contribution in [3.05, 3.63) is 40.2 Å². The van der Waals surface area contributed by atoms with Gasteiger partial charge in [0.2, 0.25) is 15.6 Å². The Balaban J connectivity index is 1.69. The average Bonchev–Trinajstić information content (AvgIpc) is 2.67. The summed E-state index contributed by atoms with van der Waals surface area (Å²) in [5.74, 6) is 0. The van der Waals surface area contributed by atoms with Crippen molar-refractivity contribution in [2.45, 2.75) is 37.1 Å². The molecule has 2 N–H and O–H groups in total. The van der Waals surface area contributed by atoms with Crippen LogP contribution in [0.4, 0.5) is 0 Å². The molecule has 1 aromatic carbocycles. The second-order valence-electron chi connectivity index (χ2n) is 8.26. The average molecular weight is 406 g/mol. The summed E-state index contributed by atoms with van der Waals surface area (Å²) >= 11 is 0. The first-order chi connectivity index (χ1) is 13.3. The summed E-state index contributed by atoms with van der Waals surface area (Å²) in [5, 5.41) is 10.8. The molecule has 2 aliphatic heterocycles. The van der Waals surface area contributed by atoms with E-state index >= 15 is 0 Å². The van der Waals surface area contributed by atoms with Crippen molar-refractivity contribution in [1.29, 1.82) is 0 Å². The minimum absolute atomic E-state index is 0.0216. The molecular weight excluding hydrogens is 378 g/mol. The zero-order chi connectivity index (χ0) is 20.1. The standard InChI is InChI=1S/C20H27N3O4S/c1-14-10-19(25)21-17-5-4-15(11-16(14)17)28(26,27)23-9-7-20(13-24)6-3-8-22(2)18(20)12-23/h4-5,10-11,18,24H,3,6-9,12-13H2,1-2H3,(H,21,25)/t18-,20-/m1/s1. The minimum atomic E-state index is -3.66. The van der Waals surface area contributed by atoms with E-state index in [1.54, 1.807) is 22.5 Å². The highest BCUT2D eigenvalue weighted by Crippen LogP contribution is 2.42. The zero-order valence-electron chi connectivity index (χ0n) is 16.3. The molecule has 2 aromatic rings. The van der Waals surface area contributed by atoms with E-state index in [2.05, 4.69) is 9.88 Å². The van der Waals surface area contributed by atoms with Crippen LogP contribution in [-0.4, -0.2) is 67.0 Å². The maximum Gasteiger partial charge on any atom is 0.248 e. The van der Waals surface area contributed by atoms with Crippen LogP contribution in [0.5, 0.6) is 0 Å². The number of nitrogens with zero attached hydrogens (tertiary/aromatic N) is 2. The van der Waals surface area contributed by atoms with Crippen molar-refractivity contribution in [1.82, 2.24) is 14.2 Å². The van der Waals surface area contributed by atoms with E-state index < -0.39 is 10.0 Å². The highest BCUT2D eigenvalue weighted by molar-refractivity contribution is 7.89. The van der Waals surface area contributed by atoms with Gasteiger partial charge in [0.15, 0.2) is 0 Å². The molecule has 2 atom stereocenters. The van der Waals surface area contributed by atoms with Crippen LogP contribution in [0.25, 0.3) is 10.9 Å². The van der Waals surface area contributed by atoms with E-state index in [9.17, 15) is 18.3 Å². The molecule has 2 fully saturated rings. The maximum absolute atomic E-state index is 13.4. The van der Waals surface area contributed by atoms with Crippen molar-refractivity contribution < 1.29 is 13.5 Å². The summed E-state index contributed by atoms with van der Waals surface area (Å²) in [4.78, 5) is 16.8. The zero-order valence-corrected chi connectivity index (χ0v) is 17.1. The number of hydrogen-bond donors (Lipinski definition) is 2. The lowest BCUT2D eigenvalue weighted by molar-refractivity contribution is -0.0508. The molecule has 2 saturated heterocycles. The Morgan fingerprint density at radius 1 is 1.25 bits per heavy atom. The highest BCUT2D eigenvalue weighted by atomic mass is 32.2. The summed E-state index contributed by atoms with van der Waals surface area (Å²) in [7, 11) is -1.64. The Hall–Kier alpha value is -1.74. The van der Waals surface area contributed by atoms with Gasteiger partial charge in [0, 0.05) is 41.5 Å². The van der Waals surface area contributed by atoms with Crippen LogP contribution < -0.4 is 5.56 Å². The van der Waals surface area contributed by atoms with Crippen LogP contribution in [0.1, 0.15) is 24.8 Å². The van der Waals surface area contributed by atoms with Gasteiger partial charge < -0.3 is 15.0 Å². The Bertz CT molecular complexity index is 1060. The normalized spacial score (nSPS) is 27.0. The minimum Gasteiger partial charge on any atom is -0.396 e. The maximum atomic E-state index is 13.4. The number of aromatic nitrogens is 1. The summed E-state index contributed by atoms with van der Waals surface area (Å²) in [5.41, 5.74) is 0.977. The molecule has 0 aliphatic carbocycles. The number of pyridine rings is 1. The van der Waals surface area contributed by atoms with Gasteiger partial charge in [-0.2, -0.15) is 4.31 Å². The third kappa shape index (κ3) is 3.08. The topological polar surface area (TPSA) is 93.7 Å². The first-order valence-corrected chi connectivity index (χ1v) is 11.2. The summed E-state index contributed by atoms with van der Waals surface area (Å²) in [6.07, 6.45) is 2.63. The summed E-state index contributed by atoms with van der Waals surface area (Å²) < 4.78 is 28.3. The molecule has 3 heterocycles. The molecule has 0 spiro atoms. The smallest absolute Gasteiger partial charge is 0.248 e. The third-order valence-corrected chi connectivity index (χ3v) is 8.50. The highest BCUT2D eigenvalue weighted by Gasteiger charge is 2.48. The SMILES string of the molecule is Cc1cc(=O)[nH]c2ccc(S(=O)(=O)N3CC[C@@]4(CO)CCCN(C)[C@@H]4C3)cc12. The van der Waals surface area contributed by atoms with E-state index in [0.717, 1.165) is 30.3 Å². The fraction of sp³-hybridized carbons (Fsp3) is 0.550. The van der Waals surface area contributed by atoms with Crippen LogP contribution in [0, 0.1) is 12.3 Å². The molecule has 0 bridgehead atoms. The molecule has 0 unspecified atom stereocenters. The Morgan fingerprint density at radius 3 is 2.79 bits per heavy atom. The van der Waals surface area contributed by atoms with Crippen molar-refractivity contribution in [3.8, 4) is 0 Å². The van der Waals surface area contributed by atoms with Gasteiger partial charge in [-0.1, -0.05) is 0 Å². The van der Waals surface area contributed by atoms with Gasteiger partial charge in [-0.25, -0.2) is 8.42 Å². The van der Waals surface area contributed by atoms with E-state index in [0.29, 0.717) is 25.0 Å². The third-order valence-electron chi connectivity index (χ3n) is 6.63. The number of piperidine rings is 2. The van der Waals surface area contributed by atoms with Gasteiger partial charge in [0.05, 0.1) is 11.5 Å². The predicted molar refractivity (Wildman–Crippen MR) is 108 cm³/mol. The number of rotatable bonds is 3. The fourth-order valence-electron chi connectivity index (χ4n) is 4.92. The number of aliphatic hydroxyl groups is 1. The second-order valence-corrected chi connectivity index (χ2v) is 10.2. The van der Waals surface area contributed by atoms with Crippen molar-refractivity contribution in [2.75, 3.05) is 33.3 Å². The number of hydrogen-bond acceptors (Lipinski definition) is 5. The number of likely N-dealkylation sites (N-methyl/N-ethyl adjacent to an activating group) is 1. The van der Waals surface area contributed by atoms with Gasteiger partial charge in [-0.3, -0.25) is 4.79 Å². The molecule has 1 aromatic heterocycles. The van der Waals surface area contributed by atoms with Crippen LogP contribution >= 0.6 is 0 Å². The van der Waals surface area contributed by atoms with E-state index in [1.807, 2.05) is 14.0 Å². The number of aromatic amines is 1.